The lowest BCUT2D eigenvalue weighted by Gasteiger charge is -2.02. The van der Waals surface area contributed by atoms with Gasteiger partial charge in [-0.2, -0.15) is 0 Å². The summed E-state index contributed by atoms with van der Waals surface area (Å²) in [6, 6.07) is 1.79. The second-order valence-corrected chi connectivity index (χ2v) is 4.50. The predicted octanol–water partition coefficient (Wildman–Crippen LogP) is 0.316. The molecule has 0 aliphatic carbocycles. The molecule has 2 heterocycles. The monoisotopic (exact) mass is 266 g/mol. The Bertz CT molecular complexity index is 564. The van der Waals surface area contributed by atoms with Gasteiger partial charge >= 0.3 is 5.97 Å². The summed E-state index contributed by atoms with van der Waals surface area (Å²) >= 11 is 1.20. The number of rotatable bonds is 4. The van der Waals surface area contributed by atoms with Crippen LogP contribution in [0.4, 0.5) is 0 Å². The summed E-state index contributed by atoms with van der Waals surface area (Å²) in [6.45, 7) is 3.37. The summed E-state index contributed by atoms with van der Waals surface area (Å²) < 4.78 is 1.21. The minimum atomic E-state index is -1.00. The van der Waals surface area contributed by atoms with Crippen LogP contribution >= 0.6 is 11.8 Å². The highest BCUT2D eigenvalue weighted by molar-refractivity contribution is 7.99. The fraction of sp³-hybridized carbons (Fsp3) is 0.333. The molecule has 8 nitrogen and oxygen atoms in total. The van der Waals surface area contributed by atoms with Gasteiger partial charge in [0.2, 0.25) is 5.16 Å². The molecule has 0 radical (unpaired) electrons. The molecule has 0 aliphatic heterocycles. The first kappa shape index (κ1) is 12.4. The lowest BCUT2D eigenvalue weighted by atomic mass is 10.4. The number of hydrogen-bond donors (Lipinski definition) is 1. The van der Waals surface area contributed by atoms with Crippen molar-refractivity contribution in [2.24, 2.45) is 0 Å². The standard InChI is InChI=1S/C9H10N6O2S/c1-5-3-7(11-6(2)10-5)18-9-12-13-14-15(9)4-8(16)17/h3H,4H2,1-2H3,(H,16,17). The second kappa shape index (κ2) is 5.08. The maximum Gasteiger partial charge on any atom is 0.325 e. The van der Waals surface area contributed by atoms with E-state index in [1.807, 2.05) is 6.92 Å². The molecular weight excluding hydrogens is 256 g/mol. The van der Waals surface area contributed by atoms with E-state index in [1.54, 1.807) is 13.0 Å². The van der Waals surface area contributed by atoms with Gasteiger partial charge in [-0.25, -0.2) is 14.6 Å². The highest BCUT2D eigenvalue weighted by Crippen LogP contribution is 2.23. The topological polar surface area (TPSA) is 107 Å². The third-order valence-electron chi connectivity index (χ3n) is 1.92. The average molecular weight is 266 g/mol. The first-order valence-electron chi connectivity index (χ1n) is 5.02. The van der Waals surface area contributed by atoms with E-state index in [2.05, 4.69) is 25.5 Å². The van der Waals surface area contributed by atoms with E-state index in [1.165, 1.54) is 16.4 Å². The van der Waals surface area contributed by atoms with Gasteiger partial charge in [-0.15, -0.1) is 5.10 Å². The van der Waals surface area contributed by atoms with Crippen LogP contribution in [0.25, 0.3) is 0 Å². The lowest BCUT2D eigenvalue weighted by Crippen LogP contribution is -2.11. The van der Waals surface area contributed by atoms with E-state index >= 15 is 0 Å². The zero-order valence-electron chi connectivity index (χ0n) is 9.73. The minimum absolute atomic E-state index is 0.279. The highest BCUT2D eigenvalue weighted by Gasteiger charge is 2.12. The van der Waals surface area contributed by atoms with Crippen molar-refractivity contribution in [2.45, 2.75) is 30.6 Å². The van der Waals surface area contributed by atoms with Crippen molar-refractivity contribution in [3.8, 4) is 0 Å². The van der Waals surface area contributed by atoms with Crippen molar-refractivity contribution in [1.29, 1.82) is 0 Å². The van der Waals surface area contributed by atoms with Crippen molar-refractivity contribution in [1.82, 2.24) is 30.2 Å². The second-order valence-electron chi connectivity index (χ2n) is 3.51. The Morgan fingerprint density at radius 2 is 2.22 bits per heavy atom. The van der Waals surface area contributed by atoms with Crippen LogP contribution < -0.4 is 0 Å². The Morgan fingerprint density at radius 1 is 1.44 bits per heavy atom. The van der Waals surface area contributed by atoms with Crippen LogP contribution in [0, 0.1) is 13.8 Å². The molecule has 1 N–H and O–H groups in total. The maximum atomic E-state index is 10.6. The fourth-order valence-corrected chi connectivity index (χ4v) is 2.20. The number of aryl methyl sites for hydroxylation is 2. The van der Waals surface area contributed by atoms with Crippen molar-refractivity contribution in [3.05, 3.63) is 17.6 Å². The molecule has 94 valence electrons. The Balaban J connectivity index is 2.23. The molecule has 0 bridgehead atoms. The summed E-state index contributed by atoms with van der Waals surface area (Å²) in [5.41, 5.74) is 0.835. The van der Waals surface area contributed by atoms with E-state index in [-0.39, 0.29) is 6.54 Å². The molecular formula is C9H10N6O2S. The van der Waals surface area contributed by atoms with E-state index in [9.17, 15) is 4.79 Å². The highest BCUT2D eigenvalue weighted by atomic mass is 32.2. The largest absolute Gasteiger partial charge is 0.480 e. The van der Waals surface area contributed by atoms with Gasteiger partial charge in [0.15, 0.2) is 0 Å². The number of aromatic nitrogens is 6. The number of carbonyl (C=O) groups is 1. The predicted molar refractivity (Wildman–Crippen MR) is 61.1 cm³/mol. The first-order valence-corrected chi connectivity index (χ1v) is 5.84. The summed E-state index contributed by atoms with van der Waals surface area (Å²) in [5, 5.41) is 20.6. The SMILES string of the molecule is Cc1cc(Sc2nnnn2CC(=O)O)nc(C)n1. The summed E-state index contributed by atoms with van der Waals surface area (Å²) in [5.74, 6) is -0.353. The molecule has 0 aromatic carbocycles. The molecule has 0 saturated carbocycles. The Morgan fingerprint density at radius 3 is 2.89 bits per heavy atom. The van der Waals surface area contributed by atoms with Crippen molar-refractivity contribution < 1.29 is 9.90 Å². The molecule has 18 heavy (non-hydrogen) atoms. The number of hydrogen-bond acceptors (Lipinski definition) is 7. The Hall–Kier alpha value is -2.03. The molecule has 0 unspecified atom stereocenters. The van der Waals surface area contributed by atoms with Gasteiger partial charge in [0.25, 0.3) is 0 Å². The Kier molecular flexibility index (Phi) is 3.51. The number of carboxylic acids is 1. The van der Waals surface area contributed by atoms with Gasteiger partial charge < -0.3 is 5.11 Å². The number of carboxylic acid groups (broad SMARTS) is 1. The number of tetrazole rings is 1. The summed E-state index contributed by atoms with van der Waals surface area (Å²) in [6.07, 6.45) is 0. The van der Waals surface area contributed by atoms with Crippen LogP contribution in [0.5, 0.6) is 0 Å². The molecule has 2 rings (SSSR count). The quantitative estimate of drug-likeness (QED) is 0.788. The minimum Gasteiger partial charge on any atom is -0.480 e. The van der Waals surface area contributed by atoms with E-state index in [4.69, 9.17) is 5.11 Å². The number of aliphatic carboxylic acids is 1. The molecule has 9 heteroatoms. The molecule has 2 aromatic heterocycles. The van der Waals surface area contributed by atoms with Crippen LogP contribution in [0.2, 0.25) is 0 Å². The van der Waals surface area contributed by atoms with Gasteiger partial charge in [0.05, 0.1) is 0 Å². The van der Waals surface area contributed by atoms with Gasteiger partial charge in [0.1, 0.15) is 17.4 Å². The third-order valence-corrected chi connectivity index (χ3v) is 2.82. The van der Waals surface area contributed by atoms with Crippen LogP contribution in [0.15, 0.2) is 16.2 Å². The van der Waals surface area contributed by atoms with Gasteiger partial charge in [0, 0.05) is 5.69 Å². The van der Waals surface area contributed by atoms with Gasteiger partial charge in [-0.3, -0.25) is 4.79 Å². The van der Waals surface area contributed by atoms with Gasteiger partial charge in [-0.05, 0) is 42.1 Å². The van der Waals surface area contributed by atoms with Crippen LogP contribution in [0.3, 0.4) is 0 Å². The lowest BCUT2D eigenvalue weighted by molar-refractivity contribution is -0.138. The zero-order valence-corrected chi connectivity index (χ0v) is 10.5. The third kappa shape index (κ3) is 3.00. The van der Waals surface area contributed by atoms with E-state index in [0.29, 0.717) is 16.0 Å². The average Bonchev–Trinajstić information content (AvgIpc) is 2.63. The molecule has 0 aliphatic rings. The van der Waals surface area contributed by atoms with Crippen LogP contribution in [0.1, 0.15) is 11.5 Å². The summed E-state index contributed by atoms with van der Waals surface area (Å²) in [4.78, 5) is 19.0. The Labute approximate surface area is 106 Å². The smallest absolute Gasteiger partial charge is 0.325 e. The summed E-state index contributed by atoms with van der Waals surface area (Å²) in [7, 11) is 0. The van der Waals surface area contributed by atoms with Crippen LogP contribution in [-0.4, -0.2) is 41.3 Å². The normalized spacial score (nSPS) is 10.6. The zero-order chi connectivity index (χ0) is 13.1. The maximum absolute atomic E-state index is 10.6. The van der Waals surface area contributed by atoms with Crippen molar-refractivity contribution in [2.75, 3.05) is 0 Å². The van der Waals surface area contributed by atoms with Crippen LogP contribution in [-0.2, 0) is 11.3 Å². The molecule has 0 spiro atoms. The molecule has 0 saturated heterocycles. The number of nitrogens with zero attached hydrogens (tertiary/aromatic N) is 6. The molecule has 0 atom stereocenters. The fourth-order valence-electron chi connectivity index (χ4n) is 1.33. The first-order chi connectivity index (χ1) is 8.54. The van der Waals surface area contributed by atoms with Gasteiger partial charge in [-0.1, -0.05) is 0 Å². The van der Waals surface area contributed by atoms with Crippen molar-refractivity contribution >= 4 is 17.7 Å². The van der Waals surface area contributed by atoms with Crippen molar-refractivity contribution in [3.63, 3.8) is 0 Å². The molecule has 0 amide bonds. The molecule has 0 fully saturated rings. The van der Waals surface area contributed by atoms with E-state index < -0.39 is 5.97 Å². The molecule has 2 aromatic rings. The van der Waals surface area contributed by atoms with E-state index in [0.717, 1.165) is 5.69 Å².